The summed E-state index contributed by atoms with van der Waals surface area (Å²) in [5, 5.41) is 9.72. The third-order valence-electron chi connectivity index (χ3n) is 4.80. The molecule has 20 heavy (non-hydrogen) atoms. The monoisotopic (exact) mass is 279 g/mol. The fourth-order valence-electron chi connectivity index (χ4n) is 2.99. The number of aromatic hydroxyl groups is 1. The normalized spacial score (nSPS) is 18.1. The van der Waals surface area contributed by atoms with Crippen molar-refractivity contribution in [3.63, 3.8) is 0 Å². The molecule has 0 aromatic heterocycles. The Morgan fingerprint density at radius 3 is 2.45 bits per heavy atom. The molecule has 0 atom stereocenters. The molecule has 1 aromatic carbocycles. The van der Waals surface area contributed by atoms with E-state index >= 15 is 0 Å². The third-order valence-corrected chi connectivity index (χ3v) is 4.80. The van der Waals surface area contributed by atoms with Crippen molar-refractivity contribution in [3.8, 4) is 5.75 Å². The first kappa shape index (κ1) is 14.8. The van der Waals surface area contributed by atoms with Crippen molar-refractivity contribution in [1.29, 1.82) is 0 Å². The number of phenolic OH excluding ortho intramolecular Hbond substituents is 1. The van der Waals surface area contributed by atoms with Crippen molar-refractivity contribution >= 4 is 5.91 Å². The van der Waals surface area contributed by atoms with Gasteiger partial charge in [-0.1, -0.05) is 26.7 Å². The molecule has 0 saturated carbocycles. The number of likely N-dealkylation sites (tertiary alicyclic amines) is 1. The molecule has 1 amide bonds. The lowest BCUT2D eigenvalue weighted by atomic mass is 9.74. The molecule has 1 N–H and O–H groups in total. The zero-order valence-electron chi connectivity index (χ0n) is 12.2. The van der Waals surface area contributed by atoms with Crippen LogP contribution >= 0.6 is 0 Å². The quantitative estimate of drug-likeness (QED) is 0.918. The molecule has 1 aromatic rings. The number of hydrogen-bond acceptors (Lipinski definition) is 2. The van der Waals surface area contributed by atoms with Crippen LogP contribution in [0, 0.1) is 11.2 Å². The lowest BCUT2D eigenvalue weighted by Crippen LogP contribution is -2.42. The van der Waals surface area contributed by atoms with Crippen molar-refractivity contribution in [2.24, 2.45) is 5.41 Å². The van der Waals surface area contributed by atoms with Gasteiger partial charge in [0.05, 0.1) is 5.56 Å². The van der Waals surface area contributed by atoms with Gasteiger partial charge < -0.3 is 10.0 Å². The first-order valence-electron chi connectivity index (χ1n) is 7.29. The molecule has 1 aliphatic rings. The summed E-state index contributed by atoms with van der Waals surface area (Å²) in [4.78, 5) is 14.1. The van der Waals surface area contributed by atoms with Gasteiger partial charge in [0.2, 0.25) is 0 Å². The first-order valence-corrected chi connectivity index (χ1v) is 7.29. The number of halogens is 1. The SMILES string of the molecule is CCC1(CC)CCN(C(=O)c2cc(F)ccc2O)CC1. The summed E-state index contributed by atoms with van der Waals surface area (Å²) in [6, 6.07) is 3.50. The minimum atomic E-state index is -0.500. The predicted molar refractivity (Wildman–Crippen MR) is 76.2 cm³/mol. The Bertz CT molecular complexity index is 487. The number of amides is 1. The van der Waals surface area contributed by atoms with Gasteiger partial charge in [-0.2, -0.15) is 0 Å². The first-order chi connectivity index (χ1) is 9.51. The van der Waals surface area contributed by atoms with Gasteiger partial charge in [-0.3, -0.25) is 4.79 Å². The molecule has 110 valence electrons. The molecule has 0 unspecified atom stereocenters. The van der Waals surface area contributed by atoms with Crippen molar-refractivity contribution in [3.05, 3.63) is 29.6 Å². The Hall–Kier alpha value is -1.58. The van der Waals surface area contributed by atoms with Gasteiger partial charge in [-0.15, -0.1) is 0 Å². The Morgan fingerprint density at radius 2 is 1.90 bits per heavy atom. The molecular weight excluding hydrogens is 257 g/mol. The maximum Gasteiger partial charge on any atom is 0.257 e. The zero-order valence-corrected chi connectivity index (χ0v) is 12.2. The molecule has 4 heteroatoms. The highest BCUT2D eigenvalue weighted by Gasteiger charge is 2.33. The number of phenols is 1. The second-order valence-corrected chi connectivity index (χ2v) is 5.66. The van der Waals surface area contributed by atoms with Crippen LogP contribution in [0.4, 0.5) is 4.39 Å². The molecule has 0 spiro atoms. The second kappa shape index (κ2) is 5.81. The fourth-order valence-corrected chi connectivity index (χ4v) is 2.99. The molecule has 0 radical (unpaired) electrons. The van der Waals surface area contributed by atoms with E-state index in [0.717, 1.165) is 37.8 Å². The van der Waals surface area contributed by atoms with Crippen molar-refractivity contribution < 1.29 is 14.3 Å². The fraction of sp³-hybridized carbons (Fsp3) is 0.562. The summed E-state index contributed by atoms with van der Waals surface area (Å²) >= 11 is 0. The van der Waals surface area contributed by atoms with Crippen LogP contribution in [0.2, 0.25) is 0 Å². The molecule has 1 saturated heterocycles. The lowest BCUT2D eigenvalue weighted by molar-refractivity contribution is 0.0554. The van der Waals surface area contributed by atoms with E-state index in [9.17, 15) is 14.3 Å². The Labute approximate surface area is 119 Å². The van der Waals surface area contributed by atoms with E-state index < -0.39 is 5.82 Å². The minimum absolute atomic E-state index is 0.0606. The van der Waals surface area contributed by atoms with Gasteiger partial charge in [0.15, 0.2) is 0 Å². The van der Waals surface area contributed by atoms with E-state index in [1.54, 1.807) is 4.90 Å². The molecule has 1 aliphatic heterocycles. The molecule has 1 fully saturated rings. The van der Waals surface area contributed by atoms with Crippen molar-refractivity contribution in [2.75, 3.05) is 13.1 Å². The van der Waals surface area contributed by atoms with Gasteiger partial charge in [0.25, 0.3) is 5.91 Å². The summed E-state index contributed by atoms with van der Waals surface area (Å²) in [7, 11) is 0. The van der Waals surface area contributed by atoms with Gasteiger partial charge >= 0.3 is 0 Å². The van der Waals surface area contributed by atoms with E-state index in [0.29, 0.717) is 18.5 Å². The average molecular weight is 279 g/mol. The minimum Gasteiger partial charge on any atom is -0.507 e. The molecule has 1 heterocycles. The highest BCUT2D eigenvalue weighted by atomic mass is 19.1. The van der Waals surface area contributed by atoms with Crippen molar-refractivity contribution in [2.45, 2.75) is 39.5 Å². The highest BCUT2D eigenvalue weighted by molar-refractivity contribution is 5.96. The largest absolute Gasteiger partial charge is 0.507 e. The standard InChI is InChI=1S/C16H22FNO2/c1-3-16(4-2)7-9-18(10-8-16)15(20)13-11-12(17)5-6-14(13)19/h5-6,11,19H,3-4,7-10H2,1-2H3. The average Bonchev–Trinajstić information content (AvgIpc) is 2.49. The van der Waals surface area contributed by atoms with Gasteiger partial charge in [0, 0.05) is 13.1 Å². The van der Waals surface area contributed by atoms with Gasteiger partial charge in [-0.25, -0.2) is 4.39 Å². The number of carbonyl (C=O) groups excluding carboxylic acids is 1. The van der Waals surface area contributed by atoms with E-state index in [-0.39, 0.29) is 17.2 Å². The number of benzene rings is 1. The van der Waals surface area contributed by atoms with Crippen LogP contribution in [0.25, 0.3) is 0 Å². The number of nitrogens with zero attached hydrogens (tertiary/aromatic N) is 1. The maximum absolute atomic E-state index is 13.2. The topological polar surface area (TPSA) is 40.5 Å². The second-order valence-electron chi connectivity index (χ2n) is 5.66. The van der Waals surface area contributed by atoms with E-state index in [1.807, 2.05) is 0 Å². The van der Waals surface area contributed by atoms with E-state index in [4.69, 9.17) is 0 Å². The van der Waals surface area contributed by atoms with E-state index in [1.165, 1.54) is 6.07 Å². The van der Waals surface area contributed by atoms with Crippen LogP contribution in [0.1, 0.15) is 49.9 Å². The summed E-state index contributed by atoms with van der Waals surface area (Å²) < 4.78 is 13.2. The molecule has 2 rings (SSSR count). The summed E-state index contributed by atoms with van der Waals surface area (Å²) in [6.07, 6.45) is 4.19. The van der Waals surface area contributed by atoms with Crippen LogP contribution in [-0.4, -0.2) is 29.0 Å². The van der Waals surface area contributed by atoms with E-state index in [2.05, 4.69) is 13.8 Å². The lowest BCUT2D eigenvalue weighted by Gasteiger charge is -2.41. The maximum atomic E-state index is 13.2. The zero-order chi connectivity index (χ0) is 14.8. The molecular formula is C16H22FNO2. The number of piperidine rings is 1. The van der Waals surface area contributed by atoms with Crippen LogP contribution in [-0.2, 0) is 0 Å². The summed E-state index contributed by atoms with van der Waals surface area (Å²) in [6.45, 7) is 5.74. The highest BCUT2D eigenvalue weighted by Crippen LogP contribution is 2.38. The Morgan fingerprint density at radius 1 is 1.30 bits per heavy atom. The van der Waals surface area contributed by atoms with Crippen LogP contribution in [0.5, 0.6) is 5.75 Å². The number of rotatable bonds is 3. The smallest absolute Gasteiger partial charge is 0.257 e. The third kappa shape index (κ3) is 2.79. The summed E-state index contributed by atoms with van der Waals surface area (Å²) in [5.41, 5.74) is 0.395. The van der Waals surface area contributed by atoms with Gasteiger partial charge in [0.1, 0.15) is 11.6 Å². The van der Waals surface area contributed by atoms with Crippen LogP contribution in [0.3, 0.4) is 0 Å². The summed E-state index contributed by atoms with van der Waals surface area (Å²) in [5.74, 6) is -0.929. The molecule has 0 bridgehead atoms. The van der Waals surface area contributed by atoms with Crippen molar-refractivity contribution in [1.82, 2.24) is 4.90 Å². The van der Waals surface area contributed by atoms with Crippen LogP contribution in [0.15, 0.2) is 18.2 Å². The molecule has 3 nitrogen and oxygen atoms in total. The van der Waals surface area contributed by atoms with Crippen LogP contribution < -0.4 is 0 Å². The Balaban J connectivity index is 2.10. The number of hydrogen-bond donors (Lipinski definition) is 1. The predicted octanol–water partition coefficient (Wildman–Crippen LogP) is 3.57. The van der Waals surface area contributed by atoms with Gasteiger partial charge in [-0.05, 0) is 36.5 Å². The number of carbonyl (C=O) groups is 1. The Kier molecular flexibility index (Phi) is 4.31. The molecule has 0 aliphatic carbocycles.